The van der Waals surface area contributed by atoms with E-state index in [1.807, 2.05) is 12.1 Å². The van der Waals surface area contributed by atoms with E-state index in [2.05, 4.69) is 12.1 Å². The Labute approximate surface area is 121 Å². The van der Waals surface area contributed by atoms with E-state index in [9.17, 15) is 13.2 Å². The summed E-state index contributed by atoms with van der Waals surface area (Å²) in [6, 6.07) is 11.9. The topological polar surface area (TPSA) is 26.0 Å². The number of aryl methyl sites for hydroxylation is 1. The molecule has 4 heteroatoms. The van der Waals surface area contributed by atoms with E-state index >= 15 is 0 Å². The molecule has 0 saturated carbocycles. The molecule has 0 heterocycles. The van der Waals surface area contributed by atoms with Crippen LogP contribution in [0.1, 0.15) is 34.6 Å². The Hall–Kier alpha value is -1.97. The van der Waals surface area contributed by atoms with Crippen molar-refractivity contribution in [1.29, 1.82) is 0 Å². The molecule has 0 radical (unpaired) electrons. The van der Waals surface area contributed by atoms with Gasteiger partial charge in [-0.25, -0.2) is 0 Å². The Bertz CT molecular complexity index is 661. The molecule has 0 fully saturated rings. The van der Waals surface area contributed by atoms with E-state index in [1.54, 1.807) is 0 Å². The van der Waals surface area contributed by atoms with Crippen molar-refractivity contribution < 1.29 is 13.2 Å². The fourth-order valence-electron chi connectivity index (χ4n) is 3.09. The normalized spacial score (nSPS) is 18.3. The maximum atomic E-state index is 12.7. The Balaban J connectivity index is 1.89. The Morgan fingerprint density at radius 1 is 1.00 bits per heavy atom. The summed E-state index contributed by atoms with van der Waals surface area (Å²) >= 11 is 0. The Kier molecular flexibility index (Phi) is 3.40. The molecule has 2 N–H and O–H groups in total. The number of fused-ring (bicyclic) bond motifs is 1. The van der Waals surface area contributed by atoms with Crippen LogP contribution in [0.25, 0.3) is 0 Å². The molecule has 1 atom stereocenters. The van der Waals surface area contributed by atoms with Gasteiger partial charge in [-0.3, -0.25) is 0 Å². The van der Waals surface area contributed by atoms with Gasteiger partial charge in [0.1, 0.15) is 0 Å². The van der Waals surface area contributed by atoms with E-state index < -0.39 is 11.7 Å². The summed E-state index contributed by atoms with van der Waals surface area (Å²) in [5.74, 6) is 0.196. The van der Waals surface area contributed by atoms with Gasteiger partial charge in [-0.1, -0.05) is 30.3 Å². The smallest absolute Gasteiger partial charge is 0.398 e. The molecule has 1 unspecified atom stereocenters. The van der Waals surface area contributed by atoms with Gasteiger partial charge in [0.2, 0.25) is 0 Å². The van der Waals surface area contributed by atoms with Crippen LogP contribution in [-0.2, 0) is 19.0 Å². The number of rotatable bonds is 1. The van der Waals surface area contributed by atoms with E-state index in [0.717, 1.165) is 37.0 Å². The first-order valence-corrected chi connectivity index (χ1v) is 6.98. The molecule has 3 rings (SSSR count). The second kappa shape index (κ2) is 5.10. The Morgan fingerprint density at radius 2 is 1.71 bits per heavy atom. The van der Waals surface area contributed by atoms with Crippen LogP contribution in [0.5, 0.6) is 0 Å². The molecule has 1 aliphatic rings. The lowest BCUT2D eigenvalue weighted by Gasteiger charge is -2.26. The molecule has 0 spiro atoms. The lowest BCUT2D eigenvalue weighted by atomic mass is 9.79. The Morgan fingerprint density at radius 3 is 2.38 bits per heavy atom. The number of benzene rings is 2. The quantitative estimate of drug-likeness (QED) is 0.766. The van der Waals surface area contributed by atoms with Crippen molar-refractivity contribution in [2.45, 2.75) is 31.4 Å². The van der Waals surface area contributed by atoms with Gasteiger partial charge in [0.05, 0.1) is 5.56 Å². The van der Waals surface area contributed by atoms with Crippen LogP contribution in [-0.4, -0.2) is 0 Å². The largest absolute Gasteiger partial charge is 0.416 e. The summed E-state index contributed by atoms with van der Waals surface area (Å²) in [5, 5.41) is 0. The fourth-order valence-corrected chi connectivity index (χ4v) is 3.09. The van der Waals surface area contributed by atoms with Crippen LogP contribution in [0.15, 0.2) is 42.5 Å². The maximum Gasteiger partial charge on any atom is 0.416 e. The molecular formula is C17H16F3N. The second-order valence-electron chi connectivity index (χ2n) is 5.55. The van der Waals surface area contributed by atoms with Crippen molar-refractivity contribution in [2.24, 2.45) is 0 Å². The number of halogens is 3. The number of nitrogens with two attached hydrogens (primary N) is 1. The average molecular weight is 291 g/mol. The van der Waals surface area contributed by atoms with Gasteiger partial charge in [0.25, 0.3) is 0 Å². The van der Waals surface area contributed by atoms with Crippen LogP contribution in [0.4, 0.5) is 18.9 Å². The van der Waals surface area contributed by atoms with Crippen LogP contribution in [0.3, 0.4) is 0 Å². The highest BCUT2D eigenvalue weighted by atomic mass is 19.4. The zero-order valence-corrected chi connectivity index (χ0v) is 11.5. The standard InChI is InChI=1S/C17H16F3N/c18-17(19,20)14-7-8-15(16(21)10-14)13-6-5-11-3-1-2-4-12(11)9-13/h1-4,7-8,10,13H,5-6,9,21H2. The first-order chi connectivity index (χ1) is 9.95. The van der Waals surface area contributed by atoms with Crippen molar-refractivity contribution in [3.05, 3.63) is 64.7 Å². The van der Waals surface area contributed by atoms with Gasteiger partial charge in [-0.05, 0) is 54.0 Å². The summed E-state index contributed by atoms with van der Waals surface area (Å²) < 4.78 is 38.1. The number of alkyl halides is 3. The van der Waals surface area contributed by atoms with Gasteiger partial charge in [-0.15, -0.1) is 0 Å². The van der Waals surface area contributed by atoms with E-state index in [1.165, 1.54) is 17.2 Å². The summed E-state index contributed by atoms with van der Waals surface area (Å²) in [6.07, 6.45) is -1.63. The molecule has 21 heavy (non-hydrogen) atoms. The highest BCUT2D eigenvalue weighted by molar-refractivity contribution is 5.52. The summed E-state index contributed by atoms with van der Waals surface area (Å²) in [4.78, 5) is 0. The van der Waals surface area contributed by atoms with Gasteiger partial charge >= 0.3 is 6.18 Å². The highest BCUT2D eigenvalue weighted by Crippen LogP contribution is 2.38. The number of nitrogen functional groups attached to an aromatic ring is 1. The summed E-state index contributed by atoms with van der Waals surface area (Å²) in [6.45, 7) is 0. The third kappa shape index (κ3) is 2.75. The van der Waals surface area contributed by atoms with E-state index in [-0.39, 0.29) is 11.6 Å². The molecule has 0 amide bonds. The number of hydrogen-bond donors (Lipinski definition) is 1. The third-order valence-corrected chi connectivity index (χ3v) is 4.20. The summed E-state index contributed by atoms with van der Waals surface area (Å²) in [7, 11) is 0. The molecule has 1 nitrogen and oxygen atoms in total. The van der Waals surface area contributed by atoms with Gasteiger partial charge in [0.15, 0.2) is 0 Å². The minimum absolute atomic E-state index is 0.196. The van der Waals surface area contributed by atoms with Crippen molar-refractivity contribution in [1.82, 2.24) is 0 Å². The minimum atomic E-state index is -4.34. The van der Waals surface area contributed by atoms with Crippen molar-refractivity contribution in [2.75, 3.05) is 5.73 Å². The van der Waals surface area contributed by atoms with Crippen molar-refractivity contribution in [3.63, 3.8) is 0 Å². The molecule has 2 aromatic rings. The second-order valence-corrected chi connectivity index (χ2v) is 5.55. The molecule has 0 aliphatic heterocycles. The lowest BCUT2D eigenvalue weighted by Crippen LogP contribution is -2.15. The zero-order chi connectivity index (χ0) is 15.0. The first kappa shape index (κ1) is 14.0. The minimum Gasteiger partial charge on any atom is -0.398 e. The van der Waals surface area contributed by atoms with Gasteiger partial charge in [0, 0.05) is 5.69 Å². The van der Waals surface area contributed by atoms with Crippen LogP contribution in [0, 0.1) is 0 Å². The predicted molar refractivity (Wildman–Crippen MR) is 77.1 cm³/mol. The fraction of sp³-hybridized carbons (Fsp3) is 0.294. The summed E-state index contributed by atoms with van der Waals surface area (Å²) in [5.41, 5.74) is 8.87. The molecular weight excluding hydrogens is 275 g/mol. The van der Waals surface area contributed by atoms with Crippen molar-refractivity contribution in [3.8, 4) is 0 Å². The van der Waals surface area contributed by atoms with E-state index in [0.29, 0.717) is 0 Å². The SMILES string of the molecule is Nc1cc(C(F)(F)F)ccc1C1CCc2ccccc2C1. The molecule has 0 aromatic heterocycles. The van der Waals surface area contributed by atoms with Crippen LogP contribution < -0.4 is 5.73 Å². The molecule has 110 valence electrons. The van der Waals surface area contributed by atoms with E-state index in [4.69, 9.17) is 5.73 Å². The molecule has 0 bridgehead atoms. The first-order valence-electron chi connectivity index (χ1n) is 6.98. The average Bonchev–Trinajstić information content (AvgIpc) is 2.45. The van der Waals surface area contributed by atoms with Gasteiger partial charge in [-0.2, -0.15) is 13.2 Å². The monoisotopic (exact) mass is 291 g/mol. The number of hydrogen-bond acceptors (Lipinski definition) is 1. The lowest BCUT2D eigenvalue weighted by molar-refractivity contribution is -0.137. The highest BCUT2D eigenvalue weighted by Gasteiger charge is 2.31. The number of anilines is 1. The molecule has 1 aliphatic carbocycles. The molecule has 0 saturated heterocycles. The maximum absolute atomic E-state index is 12.7. The van der Waals surface area contributed by atoms with Crippen molar-refractivity contribution >= 4 is 5.69 Å². The molecule has 2 aromatic carbocycles. The van der Waals surface area contributed by atoms with Crippen LogP contribution in [0.2, 0.25) is 0 Å². The van der Waals surface area contributed by atoms with Crippen LogP contribution >= 0.6 is 0 Å². The third-order valence-electron chi connectivity index (χ3n) is 4.20. The van der Waals surface area contributed by atoms with Gasteiger partial charge < -0.3 is 5.73 Å². The predicted octanol–water partition coefficient (Wildman–Crippen LogP) is 4.56. The zero-order valence-electron chi connectivity index (χ0n) is 11.5.